The Morgan fingerprint density at radius 2 is 1.55 bits per heavy atom. The van der Waals surface area contributed by atoms with E-state index >= 15 is 0 Å². The number of ether oxygens (including phenoxy) is 1. The first-order chi connectivity index (χ1) is 15.1. The number of carboxylic acid groups (broad SMARTS) is 1. The third kappa shape index (κ3) is 3.44. The summed E-state index contributed by atoms with van der Waals surface area (Å²) in [7, 11) is 0. The van der Waals surface area contributed by atoms with Gasteiger partial charge in [-0.1, -0.05) is 48.5 Å². The maximum atomic E-state index is 12.9. The van der Waals surface area contributed by atoms with Crippen LogP contribution in [0.4, 0.5) is 4.79 Å². The van der Waals surface area contributed by atoms with E-state index in [1.54, 1.807) is 12.4 Å². The van der Waals surface area contributed by atoms with Crippen molar-refractivity contribution in [2.24, 2.45) is 5.92 Å². The zero-order chi connectivity index (χ0) is 21.4. The van der Waals surface area contributed by atoms with Gasteiger partial charge in [0.1, 0.15) is 6.61 Å². The molecular formula is C25H22N2O4. The second-order valence-electron chi connectivity index (χ2n) is 8.04. The average Bonchev–Trinajstić information content (AvgIpc) is 3.39. The summed E-state index contributed by atoms with van der Waals surface area (Å²) in [5, 5.41) is 9.67. The highest BCUT2D eigenvalue weighted by Crippen LogP contribution is 2.44. The molecule has 0 spiro atoms. The van der Waals surface area contributed by atoms with E-state index in [-0.39, 0.29) is 25.0 Å². The minimum absolute atomic E-state index is 0.0229. The Balaban J connectivity index is 1.32. The SMILES string of the molecule is O=C(O)[C@@H]1CN(C(=O)OCC2c3ccccc3-c3ccccc32)C[C@H]1c1ccncc1. The zero-order valence-electron chi connectivity index (χ0n) is 16.8. The smallest absolute Gasteiger partial charge is 0.409 e. The molecule has 1 aromatic heterocycles. The van der Waals surface area contributed by atoms with Crippen molar-refractivity contribution < 1.29 is 19.4 Å². The van der Waals surface area contributed by atoms with Gasteiger partial charge in [0.2, 0.25) is 0 Å². The monoisotopic (exact) mass is 414 g/mol. The van der Waals surface area contributed by atoms with Crippen LogP contribution in [0.5, 0.6) is 0 Å². The van der Waals surface area contributed by atoms with Gasteiger partial charge in [0.15, 0.2) is 0 Å². The Hall–Kier alpha value is -3.67. The van der Waals surface area contributed by atoms with Gasteiger partial charge in [-0.2, -0.15) is 0 Å². The van der Waals surface area contributed by atoms with Crippen LogP contribution in [-0.2, 0) is 9.53 Å². The van der Waals surface area contributed by atoms with Crippen molar-refractivity contribution in [3.05, 3.63) is 89.7 Å². The molecule has 1 aliphatic carbocycles. The molecule has 2 atom stereocenters. The average molecular weight is 414 g/mol. The zero-order valence-corrected chi connectivity index (χ0v) is 16.8. The molecule has 0 saturated carbocycles. The van der Waals surface area contributed by atoms with Crippen molar-refractivity contribution in [3.63, 3.8) is 0 Å². The Morgan fingerprint density at radius 3 is 2.16 bits per heavy atom. The lowest BCUT2D eigenvalue weighted by Gasteiger charge is -2.19. The quantitative estimate of drug-likeness (QED) is 0.694. The van der Waals surface area contributed by atoms with Crippen molar-refractivity contribution in [1.29, 1.82) is 0 Å². The number of likely N-dealkylation sites (tertiary alicyclic amines) is 1. The van der Waals surface area contributed by atoms with Gasteiger partial charge in [-0.15, -0.1) is 0 Å². The summed E-state index contributed by atoms with van der Waals surface area (Å²) in [5.41, 5.74) is 5.51. The van der Waals surface area contributed by atoms with Crippen LogP contribution < -0.4 is 0 Å². The molecule has 31 heavy (non-hydrogen) atoms. The van der Waals surface area contributed by atoms with Gasteiger partial charge >= 0.3 is 12.1 Å². The number of hydrogen-bond donors (Lipinski definition) is 1. The van der Waals surface area contributed by atoms with Gasteiger partial charge in [0.05, 0.1) is 5.92 Å². The predicted octanol–water partition coefficient (Wildman–Crippen LogP) is 4.13. The number of aliphatic carboxylic acids is 1. The summed E-state index contributed by atoms with van der Waals surface area (Å²) < 4.78 is 5.72. The highest BCUT2D eigenvalue weighted by Gasteiger charge is 2.41. The van der Waals surface area contributed by atoms with Crippen molar-refractivity contribution in [2.75, 3.05) is 19.7 Å². The van der Waals surface area contributed by atoms with Crippen molar-refractivity contribution in [3.8, 4) is 11.1 Å². The minimum atomic E-state index is -0.907. The second kappa shape index (κ2) is 7.87. The normalized spacial score (nSPS) is 19.7. The summed E-state index contributed by atoms with van der Waals surface area (Å²) >= 11 is 0. The molecule has 0 bridgehead atoms. The molecule has 1 aliphatic heterocycles. The summed E-state index contributed by atoms with van der Waals surface area (Å²) in [4.78, 5) is 30.2. The number of hydrogen-bond acceptors (Lipinski definition) is 4. The summed E-state index contributed by atoms with van der Waals surface area (Å²) in [6.45, 7) is 0.678. The largest absolute Gasteiger partial charge is 0.481 e. The highest BCUT2D eigenvalue weighted by atomic mass is 16.6. The molecule has 2 aliphatic rings. The molecule has 6 heteroatoms. The third-order valence-corrected chi connectivity index (χ3v) is 6.37. The van der Waals surface area contributed by atoms with Crippen LogP contribution in [0, 0.1) is 5.92 Å². The molecule has 1 saturated heterocycles. The minimum Gasteiger partial charge on any atom is -0.481 e. The molecule has 156 valence electrons. The van der Waals surface area contributed by atoms with Gasteiger partial charge in [-0.05, 0) is 39.9 Å². The molecule has 1 amide bonds. The van der Waals surface area contributed by atoms with Crippen molar-refractivity contribution in [1.82, 2.24) is 9.88 Å². The van der Waals surface area contributed by atoms with E-state index in [2.05, 4.69) is 29.2 Å². The first-order valence-corrected chi connectivity index (χ1v) is 10.4. The maximum Gasteiger partial charge on any atom is 0.409 e. The number of rotatable bonds is 4. The second-order valence-corrected chi connectivity index (χ2v) is 8.04. The molecule has 1 fully saturated rings. The number of pyridine rings is 1. The molecule has 0 radical (unpaired) electrons. The molecular weight excluding hydrogens is 392 g/mol. The summed E-state index contributed by atoms with van der Waals surface area (Å²) in [6.07, 6.45) is 2.82. The molecule has 2 heterocycles. The lowest BCUT2D eigenvalue weighted by molar-refractivity contribution is -0.141. The molecule has 2 aromatic carbocycles. The van der Waals surface area contributed by atoms with E-state index in [4.69, 9.17) is 4.74 Å². The first-order valence-electron chi connectivity index (χ1n) is 10.4. The molecule has 3 aromatic rings. The van der Waals surface area contributed by atoms with E-state index in [0.717, 1.165) is 16.7 Å². The topological polar surface area (TPSA) is 79.7 Å². The van der Waals surface area contributed by atoms with E-state index < -0.39 is 18.0 Å². The van der Waals surface area contributed by atoms with Crippen LogP contribution in [-0.4, -0.2) is 46.7 Å². The van der Waals surface area contributed by atoms with Crippen LogP contribution in [0.25, 0.3) is 11.1 Å². The first kappa shape index (κ1) is 19.3. The number of carbonyl (C=O) groups is 2. The number of aromatic nitrogens is 1. The fourth-order valence-electron chi connectivity index (χ4n) is 4.84. The molecule has 1 N–H and O–H groups in total. The Kier molecular flexibility index (Phi) is 4.90. The number of carboxylic acids is 1. The standard InChI is InChI=1S/C25H22N2O4/c28-24(29)22-14-27(13-21(22)16-9-11-26-12-10-16)25(30)31-15-23-19-7-3-1-5-17(19)18-6-2-4-8-20(18)23/h1-12,21-23H,13-15H2,(H,28,29)/t21-,22+/m0/s1. The lowest BCUT2D eigenvalue weighted by atomic mass is 9.90. The third-order valence-electron chi connectivity index (χ3n) is 6.37. The van der Waals surface area contributed by atoms with Gasteiger partial charge in [-0.25, -0.2) is 4.79 Å². The summed E-state index contributed by atoms with van der Waals surface area (Å²) in [5.74, 6) is -1.87. The lowest BCUT2D eigenvalue weighted by Crippen LogP contribution is -2.31. The van der Waals surface area contributed by atoms with Crippen molar-refractivity contribution >= 4 is 12.1 Å². The number of fused-ring (bicyclic) bond motifs is 3. The van der Waals surface area contributed by atoms with Gasteiger partial charge in [0, 0.05) is 37.3 Å². The fraction of sp³-hybridized carbons (Fsp3) is 0.240. The van der Waals surface area contributed by atoms with E-state index in [1.807, 2.05) is 36.4 Å². The fourth-order valence-corrected chi connectivity index (χ4v) is 4.84. The molecule has 6 nitrogen and oxygen atoms in total. The Bertz CT molecular complexity index is 1090. The number of benzene rings is 2. The van der Waals surface area contributed by atoms with Crippen LogP contribution >= 0.6 is 0 Å². The van der Waals surface area contributed by atoms with Crippen LogP contribution in [0.15, 0.2) is 73.1 Å². The Labute approximate surface area is 180 Å². The number of amides is 1. The van der Waals surface area contributed by atoms with Gasteiger partial charge in [0.25, 0.3) is 0 Å². The van der Waals surface area contributed by atoms with Crippen molar-refractivity contribution in [2.45, 2.75) is 11.8 Å². The van der Waals surface area contributed by atoms with Gasteiger partial charge < -0.3 is 14.7 Å². The Morgan fingerprint density at radius 1 is 0.935 bits per heavy atom. The number of nitrogens with zero attached hydrogens (tertiary/aromatic N) is 2. The molecule has 0 unspecified atom stereocenters. The molecule has 5 rings (SSSR count). The number of carbonyl (C=O) groups excluding carboxylic acids is 1. The van der Waals surface area contributed by atoms with Crippen LogP contribution in [0.3, 0.4) is 0 Å². The summed E-state index contributed by atoms with van der Waals surface area (Å²) in [6, 6.07) is 20.0. The van der Waals surface area contributed by atoms with E-state index in [9.17, 15) is 14.7 Å². The maximum absolute atomic E-state index is 12.9. The predicted molar refractivity (Wildman–Crippen MR) is 115 cm³/mol. The van der Waals surface area contributed by atoms with E-state index in [0.29, 0.717) is 6.54 Å². The van der Waals surface area contributed by atoms with Crippen LogP contribution in [0.2, 0.25) is 0 Å². The van der Waals surface area contributed by atoms with Gasteiger partial charge in [-0.3, -0.25) is 9.78 Å². The van der Waals surface area contributed by atoms with Crippen LogP contribution in [0.1, 0.15) is 28.5 Å². The van der Waals surface area contributed by atoms with E-state index in [1.165, 1.54) is 16.0 Å². The highest BCUT2D eigenvalue weighted by molar-refractivity contribution is 5.79.